The lowest BCUT2D eigenvalue weighted by atomic mass is 10.0. The second-order valence-electron chi connectivity index (χ2n) is 5.30. The quantitative estimate of drug-likeness (QED) is 0.813. The van der Waals surface area contributed by atoms with Crippen molar-refractivity contribution in [2.75, 3.05) is 6.61 Å². The normalized spacial score (nSPS) is 12.3. The summed E-state index contributed by atoms with van der Waals surface area (Å²) in [5, 5.41) is 2.84. The largest absolute Gasteiger partial charge is 0.481 e. The Labute approximate surface area is 128 Å². The summed E-state index contributed by atoms with van der Waals surface area (Å²) in [5.74, 6) is -0.0238. The van der Waals surface area contributed by atoms with E-state index in [0.29, 0.717) is 10.4 Å². The topological polar surface area (TPSA) is 38.3 Å². The molecule has 0 fully saturated rings. The van der Waals surface area contributed by atoms with E-state index >= 15 is 0 Å². The average Bonchev–Trinajstić information content (AvgIpc) is 2.35. The van der Waals surface area contributed by atoms with Gasteiger partial charge in [0.05, 0.1) is 0 Å². The molecule has 3 nitrogen and oxygen atoms in total. The highest BCUT2D eigenvalue weighted by atomic mass is 79.9. The number of carbonyl (C=O) groups is 1. The Balaban J connectivity index is 2.36. The minimum Gasteiger partial charge on any atom is -0.481 e. The van der Waals surface area contributed by atoms with E-state index in [0.717, 1.165) is 12.8 Å². The summed E-state index contributed by atoms with van der Waals surface area (Å²) in [6.45, 7) is 6.08. The molecule has 1 aromatic carbocycles. The second kappa shape index (κ2) is 8.25. The van der Waals surface area contributed by atoms with E-state index in [2.05, 4.69) is 35.1 Å². The van der Waals surface area contributed by atoms with Crippen LogP contribution in [0.4, 0.5) is 4.39 Å². The van der Waals surface area contributed by atoms with Crippen molar-refractivity contribution in [1.29, 1.82) is 0 Å². The standard InChI is InChI=1S/C15H21BrFNO2/c1-10(2)4-5-11(3)18-15(19)9-20-14-7-6-12(16)8-13(14)17/h6-8,10-11H,4-5,9H2,1-3H3,(H,18,19). The first-order valence-corrected chi connectivity index (χ1v) is 7.55. The number of ether oxygens (including phenoxy) is 1. The highest BCUT2D eigenvalue weighted by Crippen LogP contribution is 2.21. The van der Waals surface area contributed by atoms with Gasteiger partial charge in [0, 0.05) is 10.5 Å². The Morgan fingerprint density at radius 3 is 2.65 bits per heavy atom. The van der Waals surface area contributed by atoms with E-state index in [-0.39, 0.29) is 24.3 Å². The van der Waals surface area contributed by atoms with Crippen LogP contribution < -0.4 is 10.1 Å². The molecule has 0 bridgehead atoms. The van der Waals surface area contributed by atoms with Gasteiger partial charge in [-0.05, 0) is 43.9 Å². The summed E-state index contributed by atoms with van der Waals surface area (Å²) < 4.78 is 19.3. The molecule has 0 radical (unpaired) electrons. The van der Waals surface area contributed by atoms with Gasteiger partial charge in [-0.25, -0.2) is 4.39 Å². The maximum atomic E-state index is 13.5. The molecule has 1 N–H and O–H groups in total. The lowest BCUT2D eigenvalue weighted by molar-refractivity contribution is -0.123. The molecule has 0 aliphatic carbocycles. The van der Waals surface area contributed by atoms with E-state index in [4.69, 9.17) is 4.74 Å². The van der Waals surface area contributed by atoms with Gasteiger partial charge in [-0.15, -0.1) is 0 Å². The monoisotopic (exact) mass is 345 g/mol. The lowest BCUT2D eigenvalue weighted by Crippen LogP contribution is -2.36. The zero-order valence-corrected chi connectivity index (χ0v) is 13.7. The molecule has 1 rings (SSSR count). The summed E-state index contributed by atoms with van der Waals surface area (Å²) in [4.78, 5) is 11.7. The first-order valence-electron chi connectivity index (χ1n) is 6.75. The average molecular weight is 346 g/mol. The van der Waals surface area contributed by atoms with Crippen molar-refractivity contribution in [2.24, 2.45) is 5.92 Å². The summed E-state index contributed by atoms with van der Waals surface area (Å²) >= 11 is 3.16. The van der Waals surface area contributed by atoms with Crippen LogP contribution in [-0.4, -0.2) is 18.6 Å². The molecule has 0 spiro atoms. The fourth-order valence-corrected chi connectivity index (χ4v) is 2.04. The number of rotatable bonds is 7. The van der Waals surface area contributed by atoms with Crippen LogP contribution in [0.25, 0.3) is 0 Å². The van der Waals surface area contributed by atoms with Crippen molar-refractivity contribution < 1.29 is 13.9 Å². The van der Waals surface area contributed by atoms with Crippen LogP contribution >= 0.6 is 15.9 Å². The fourth-order valence-electron chi connectivity index (χ4n) is 1.71. The number of halogens is 2. The molecule has 0 aliphatic heterocycles. The maximum absolute atomic E-state index is 13.5. The molecule has 0 aromatic heterocycles. The fraction of sp³-hybridized carbons (Fsp3) is 0.533. The van der Waals surface area contributed by atoms with Crippen molar-refractivity contribution in [3.63, 3.8) is 0 Å². The minimum atomic E-state index is -0.486. The lowest BCUT2D eigenvalue weighted by Gasteiger charge is -2.15. The third-order valence-corrected chi connectivity index (χ3v) is 3.33. The Morgan fingerprint density at radius 1 is 1.35 bits per heavy atom. The van der Waals surface area contributed by atoms with Crippen LogP contribution in [0.2, 0.25) is 0 Å². The highest BCUT2D eigenvalue weighted by Gasteiger charge is 2.10. The van der Waals surface area contributed by atoms with Crippen LogP contribution in [0.1, 0.15) is 33.6 Å². The van der Waals surface area contributed by atoms with Crippen LogP contribution in [0.15, 0.2) is 22.7 Å². The van der Waals surface area contributed by atoms with Crippen molar-refractivity contribution in [3.05, 3.63) is 28.5 Å². The Morgan fingerprint density at radius 2 is 2.05 bits per heavy atom. The summed E-state index contributed by atoms with van der Waals surface area (Å²) in [6.07, 6.45) is 1.99. The number of benzene rings is 1. The van der Waals surface area contributed by atoms with Gasteiger partial charge in [0.1, 0.15) is 0 Å². The molecular formula is C15H21BrFNO2. The predicted molar refractivity (Wildman–Crippen MR) is 81.3 cm³/mol. The molecule has 112 valence electrons. The smallest absolute Gasteiger partial charge is 0.258 e. The Bertz CT molecular complexity index is 451. The van der Waals surface area contributed by atoms with E-state index in [1.54, 1.807) is 6.07 Å². The van der Waals surface area contributed by atoms with Gasteiger partial charge in [-0.1, -0.05) is 29.8 Å². The van der Waals surface area contributed by atoms with Crippen LogP contribution in [0, 0.1) is 11.7 Å². The third-order valence-electron chi connectivity index (χ3n) is 2.84. The molecule has 1 atom stereocenters. The van der Waals surface area contributed by atoms with E-state index in [1.807, 2.05) is 6.92 Å². The first kappa shape index (κ1) is 17.0. The molecular weight excluding hydrogens is 325 g/mol. The number of nitrogens with one attached hydrogen (secondary N) is 1. The van der Waals surface area contributed by atoms with Gasteiger partial charge >= 0.3 is 0 Å². The third kappa shape index (κ3) is 6.37. The number of carbonyl (C=O) groups excluding carboxylic acids is 1. The highest BCUT2D eigenvalue weighted by molar-refractivity contribution is 9.10. The van der Waals surface area contributed by atoms with Crippen LogP contribution in [0.3, 0.4) is 0 Å². The van der Waals surface area contributed by atoms with E-state index in [9.17, 15) is 9.18 Å². The molecule has 0 aliphatic rings. The molecule has 1 unspecified atom stereocenters. The Kier molecular flexibility index (Phi) is 6.99. The molecule has 20 heavy (non-hydrogen) atoms. The predicted octanol–water partition coefficient (Wildman–Crippen LogP) is 3.91. The van der Waals surface area contributed by atoms with Crippen molar-refractivity contribution in [1.82, 2.24) is 5.32 Å². The van der Waals surface area contributed by atoms with Crippen LogP contribution in [0.5, 0.6) is 5.75 Å². The van der Waals surface area contributed by atoms with E-state index in [1.165, 1.54) is 12.1 Å². The summed E-state index contributed by atoms with van der Waals surface area (Å²) in [6, 6.07) is 4.57. The van der Waals surface area contributed by atoms with Gasteiger partial charge in [0.25, 0.3) is 5.91 Å². The van der Waals surface area contributed by atoms with Gasteiger partial charge in [-0.2, -0.15) is 0 Å². The molecule has 0 saturated heterocycles. The zero-order chi connectivity index (χ0) is 15.1. The zero-order valence-electron chi connectivity index (χ0n) is 12.1. The van der Waals surface area contributed by atoms with Gasteiger partial charge in [-0.3, -0.25) is 4.79 Å². The molecule has 5 heteroatoms. The van der Waals surface area contributed by atoms with E-state index < -0.39 is 5.82 Å². The molecule has 1 aromatic rings. The van der Waals surface area contributed by atoms with Gasteiger partial charge in [0.15, 0.2) is 18.2 Å². The van der Waals surface area contributed by atoms with Crippen molar-refractivity contribution in [2.45, 2.75) is 39.7 Å². The van der Waals surface area contributed by atoms with Crippen LogP contribution in [-0.2, 0) is 4.79 Å². The molecule has 0 saturated carbocycles. The molecule has 0 heterocycles. The number of hydrogen-bond donors (Lipinski definition) is 1. The summed E-state index contributed by atoms with van der Waals surface area (Å²) in [5.41, 5.74) is 0. The number of amides is 1. The summed E-state index contributed by atoms with van der Waals surface area (Å²) in [7, 11) is 0. The SMILES string of the molecule is CC(C)CCC(C)NC(=O)COc1ccc(Br)cc1F. The number of hydrogen-bond acceptors (Lipinski definition) is 2. The molecule has 1 amide bonds. The Hall–Kier alpha value is -1.10. The first-order chi connectivity index (χ1) is 9.38. The maximum Gasteiger partial charge on any atom is 0.258 e. The van der Waals surface area contributed by atoms with Crippen molar-refractivity contribution >= 4 is 21.8 Å². The van der Waals surface area contributed by atoms with Gasteiger partial charge in [0.2, 0.25) is 0 Å². The minimum absolute atomic E-state index is 0.0817. The second-order valence-corrected chi connectivity index (χ2v) is 6.22. The van der Waals surface area contributed by atoms with Crippen molar-refractivity contribution in [3.8, 4) is 5.75 Å². The van der Waals surface area contributed by atoms with Gasteiger partial charge < -0.3 is 10.1 Å².